The molecule has 0 spiro atoms. The predicted octanol–water partition coefficient (Wildman–Crippen LogP) is 4.31. The van der Waals surface area contributed by atoms with Gasteiger partial charge in [0.25, 0.3) is 5.91 Å². The van der Waals surface area contributed by atoms with Crippen LogP contribution in [0, 0.1) is 11.6 Å². The van der Waals surface area contributed by atoms with E-state index < -0.39 is 17.5 Å². The zero-order chi connectivity index (χ0) is 14.7. The quantitative estimate of drug-likeness (QED) is 0.868. The average molecular weight is 361 g/mol. The van der Waals surface area contributed by atoms with Gasteiger partial charge in [-0.2, -0.15) is 0 Å². The fraction of sp³-hybridized carbons (Fsp3) is 0.0714. The number of halogens is 4. The Hall–Kier alpha value is -1.46. The number of amides is 1. The van der Waals surface area contributed by atoms with E-state index in [0.717, 1.165) is 0 Å². The Morgan fingerprint density at radius 3 is 2.65 bits per heavy atom. The first-order chi connectivity index (χ1) is 9.49. The molecule has 0 atom stereocenters. The highest BCUT2D eigenvalue weighted by molar-refractivity contribution is 9.10. The van der Waals surface area contributed by atoms with Crippen LogP contribution < -0.4 is 5.32 Å². The number of carbonyl (C=O) groups excluding carboxylic acids is 1. The van der Waals surface area contributed by atoms with Gasteiger partial charge in [0.1, 0.15) is 11.6 Å². The van der Waals surface area contributed by atoms with Gasteiger partial charge in [0.05, 0.1) is 15.1 Å². The van der Waals surface area contributed by atoms with Gasteiger partial charge < -0.3 is 5.32 Å². The summed E-state index contributed by atoms with van der Waals surface area (Å²) in [6.45, 7) is 0.168. The smallest absolute Gasteiger partial charge is 0.252 e. The summed E-state index contributed by atoms with van der Waals surface area (Å²) in [5.41, 5.74) is 0.843. The van der Waals surface area contributed by atoms with Crippen LogP contribution in [0.5, 0.6) is 0 Å². The molecule has 1 N–H and O–H groups in total. The van der Waals surface area contributed by atoms with Crippen molar-refractivity contribution in [3.05, 3.63) is 68.7 Å². The Morgan fingerprint density at radius 1 is 1.20 bits per heavy atom. The molecule has 0 aliphatic heterocycles. The van der Waals surface area contributed by atoms with Crippen molar-refractivity contribution in [3.63, 3.8) is 0 Å². The molecule has 2 nitrogen and oxygen atoms in total. The molecule has 6 heteroatoms. The van der Waals surface area contributed by atoms with Crippen molar-refractivity contribution in [3.8, 4) is 0 Å². The minimum atomic E-state index is -0.519. The summed E-state index contributed by atoms with van der Waals surface area (Å²) in [5, 5.41) is 2.60. The maximum atomic E-state index is 13.3. The van der Waals surface area contributed by atoms with E-state index in [4.69, 9.17) is 11.6 Å². The minimum Gasteiger partial charge on any atom is -0.348 e. The summed E-state index contributed by atoms with van der Waals surface area (Å²) in [5.74, 6) is -1.46. The third-order valence-electron chi connectivity index (χ3n) is 2.63. The second-order valence-corrected chi connectivity index (χ2v) is 5.23. The number of hydrogen-bond acceptors (Lipinski definition) is 1. The Balaban J connectivity index is 2.08. The highest BCUT2D eigenvalue weighted by Gasteiger charge is 2.12. The normalized spacial score (nSPS) is 10.4. The molecule has 2 aromatic rings. The highest BCUT2D eigenvalue weighted by atomic mass is 79.9. The maximum Gasteiger partial charge on any atom is 0.252 e. The molecule has 20 heavy (non-hydrogen) atoms. The second kappa shape index (κ2) is 6.33. The maximum absolute atomic E-state index is 13.3. The number of nitrogens with one attached hydrogen (secondary N) is 1. The van der Waals surface area contributed by atoms with Crippen LogP contribution in [0.15, 0.2) is 40.9 Å². The summed E-state index contributed by atoms with van der Waals surface area (Å²) in [4.78, 5) is 11.9. The van der Waals surface area contributed by atoms with Gasteiger partial charge in [-0.3, -0.25) is 4.79 Å². The van der Waals surface area contributed by atoms with Crippen molar-refractivity contribution in [2.24, 2.45) is 0 Å². The van der Waals surface area contributed by atoms with E-state index >= 15 is 0 Å². The van der Waals surface area contributed by atoms with Crippen molar-refractivity contribution in [1.29, 1.82) is 0 Å². The van der Waals surface area contributed by atoms with E-state index in [0.29, 0.717) is 5.56 Å². The molecule has 2 aromatic carbocycles. The van der Waals surface area contributed by atoms with Crippen LogP contribution in [0.4, 0.5) is 8.78 Å². The molecule has 1 amide bonds. The third-order valence-corrected chi connectivity index (χ3v) is 3.73. The van der Waals surface area contributed by atoms with E-state index in [2.05, 4.69) is 21.2 Å². The van der Waals surface area contributed by atoms with Crippen molar-refractivity contribution in [2.45, 2.75) is 6.54 Å². The molecule has 0 saturated carbocycles. The lowest BCUT2D eigenvalue weighted by Gasteiger charge is -2.08. The summed E-state index contributed by atoms with van der Waals surface area (Å²) >= 11 is 8.67. The van der Waals surface area contributed by atoms with Gasteiger partial charge in [0.2, 0.25) is 0 Å². The number of rotatable bonds is 3. The van der Waals surface area contributed by atoms with Crippen molar-refractivity contribution >= 4 is 33.4 Å². The van der Waals surface area contributed by atoms with E-state index in [1.807, 2.05) is 0 Å². The number of carbonyl (C=O) groups is 1. The second-order valence-electron chi connectivity index (χ2n) is 4.03. The first-order valence-electron chi connectivity index (χ1n) is 5.65. The molecule has 2 rings (SSSR count). The fourth-order valence-electron chi connectivity index (χ4n) is 1.61. The molecule has 0 aliphatic carbocycles. The van der Waals surface area contributed by atoms with Gasteiger partial charge in [-0.05, 0) is 45.8 Å². The lowest BCUT2D eigenvalue weighted by atomic mass is 10.2. The molecular formula is C14H9BrClF2NO. The average Bonchev–Trinajstić information content (AvgIpc) is 2.43. The van der Waals surface area contributed by atoms with Crippen LogP contribution in [-0.4, -0.2) is 5.91 Å². The summed E-state index contributed by atoms with van der Waals surface area (Å²) in [6, 6.07) is 8.37. The van der Waals surface area contributed by atoms with Gasteiger partial charge in [0.15, 0.2) is 0 Å². The molecule has 0 bridgehead atoms. The van der Waals surface area contributed by atoms with Crippen LogP contribution in [0.2, 0.25) is 5.02 Å². The van der Waals surface area contributed by atoms with Crippen LogP contribution in [-0.2, 0) is 6.54 Å². The van der Waals surface area contributed by atoms with Gasteiger partial charge in [0, 0.05) is 6.54 Å². The van der Waals surface area contributed by atoms with Gasteiger partial charge in [-0.1, -0.05) is 23.7 Å². The molecule has 0 aliphatic rings. The third kappa shape index (κ3) is 3.35. The molecule has 0 radical (unpaired) electrons. The van der Waals surface area contributed by atoms with E-state index in [1.54, 1.807) is 0 Å². The van der Waals surface area contributed by atoms with Crippen molar-refractivity contribution in [1.82, 2.24) is 5.32 Å². The molecule has 0 aromatic heterocycles. The van der Waals surface area contributed by atoms with Crippen LogP contribution in [0.25, 0.3) is 0 Å². The van der Waals surface area contributed by atoms with E-state index in [-0.39, 0.29) is 21.6 Å². The van der Waals surface area contributed by atoms with E-state index in [9.17, 15) is 13.6 Å². The Morgan fingerprint density at radius 2 is 1.95 bits per heavy atom. The summed E-state index contributed by atoms with van der Waals surface area (Å²) in [7, 11) is 0. The Bertz CT molecular complexity index is 664. The summed E-state index contributed by atoms with van der Waals surface area (Å²) < 4.78 is 26.4. The summed E-state index contributed by atoms with van der Waals surface area (Å²) in [6.07, 6.45) is 0. The van der Waals surface area contributed by atoms with E-state index in [1.165, 1.54) is 36.4 Å². The van der Waals surface area contributed by atoms with Gasteiger partial charge >= 0.3 is 0 Å². The molecule has 104 valence electrons. The zero-order valence-corrected chi connectivity index (χ0v) is 12.4. The van der Waals surface area contributed by atoms with Crippen LogP contribution in [0.3, 0.4) is 0 Å². The molecule has 0 saturated heterocycles. The molecule has 0 fully saturated rings. The van der Waals surface area contributed by atoms with Crippen molar-refractivity contribution < 1.29 is 13.6 Å². The molecule has 0 unspecified atom stereocenters. The monoisotopic (exact) mass is 359 g/mol. The Kier molecular flexibility index (Phi) is 4.73. The predicted molar refractivity (Wildman–Crippen MR) is 76.7 cm³/mol. The van der Waals surface area contributed by atoms with Crippen LogP contribution in [0.1, 0.15) is 15.9 Å². The first kappa shape index (κ1) is 14.9. The minimum absolute atomic E-state index is 0.0105. The zero-order valence-electron chi connectivity index (χ0n) is 10.1. The number of benzene rings is 2. The number of hydrogen-bond donors (Lipinski definition) is 1. The van der Waals surface area contributed by atoms with Gasteiger partial charge in [-0.15, -0.1) is 0 Å². The highest BCUT2D eigenvalue weighted by Crippen LogP contribution is 2.20. The SMILES string of the molecule is O=C(NCc1ccc(F)c(Cl)c1)c1cccc(F)c1Br. The van der Waals surface area contributed by atoms with Crippen LogP contribution >= 0.6 is 27.5 Å². The largest absolute Gasteiger partial charge is 0.348 e. The lowest BCUT2D eigenvalue weighted by molar-refractivity contribution is 0.0949. The topological polar surface area (TPSA) is 29.1 Å². The van der Waals surface area contributed by atoms with Crippen molar-refractivity contribution in [2.75, 3.05) is 0 Å². The molecule has 0 heterocycles. The fourth-order valence-corrected chi connectivity index (χ4v) is 2.25. The van der Waals surface area contributed by atoms with Gasteiger partial charge in [-0.25, -0.2) is 8.78 Å². The molecular weight excluding hydrogens is 352 g/mol. The standard InChI is InChI=1S/C14H9BrClF2NO/c15-13-9(2-1-3-12(13)18)14(20)19-7-8-4-5-11(17)10(16)6-8/h1-6H,7H2,(H,19,20). The first-order valence-corrected chi connectivity index (χ1v) is 6.82. The Labute approximate surface area is 127 Å². The lowest BCUT2D eigenvalue weighted by Crippen LogP contribution is -2.23.